The number of hydrogen-bond donors (Lipinski definition) is 1. The summed E-state index contributed by atoms with van der Waals surface area (Å²) < 4.78 is 16.9. The van der Waals surface area contributed by atoms with E-state index in [0.717, 1.165) is 22.2 Å². The van der Waals surface area contributed by atoms with Crippen LogP contribution in [0.2, 0.25) is 10.0 Å². The maximum atomic E-state index is 6.38. The van der Waals surface area contributed by atoms with Crippen LogP contribution in [0.3, 0.4) is 0 Å². The number of fused-ring (bicyclic) bond motifs is 1. The van der Waals surface area contributed by atoms with Crippen LogP contribution in [-0.4, -0.2) is 19.2 Å². The minimum Gasteiger partial charge on any atom is -0.495 e. The molecule has 7 heteroatoms. The van der Waals surface area contributed by atoms with Gasteiger partial charge in [0.05, 0.1) is 35.5 Å². The smallest absolute Gasteiger partial charge is 0.163 e. The number of hydrogen-bond acceptors (Lipinski definition) is 5. The molecule has 0 aliphatic rings. The van der Waals surface area contributed by atoms with Gasteiger partial charge in [-0.15, -0.1) is 0 Å². The van der Waals surface area contributed by atoms with Crippen LogP contribution in [-0.2, 0) is 6.61 Å². The van der Waals surface area contributed by atoms with Gasteiger partial charge in [-0.1, -0.05) is 53.5 Å². The number of pyridine rings is 1. The van der Waals surface area contributed by atoms with Gasteiger partial charge in [0.2, 0.25) is 0 Å². The summed E-state index contributed by atoms with van der Waals surface area (Å²) in [6.45, 7) is 0.431. The number of nitrogens with zero attached hydrogens (tertiary/aromatic N) is 1. The SMILES string of the molecule is COc1cc(Nc2ccnc3cc(OCc4ccccc4)c(OC)cc23)c(Cl)cc1Cl. The van der Waals surface area contributed by atoms with Crippen LogP contribution in [0.5, 0.6) is 17.2 Å². The van der Waals surface area contributed by atoms with E-state index in [0.29, 0.717) is 39.6 Å². The van der Waals surface area contributed by atoms with E-state index in [1.165, 1.54) is 0 Å². The zero-order valence-corrected chi connectivity index (χ0v) is 18.5. The number of methoxy groups -OCH3 is 2. The number of halogens is 2. The van der Waals surface area contributed by atoms with Gasteiger partial charge in [0.1, 0.15) is 12.4 Å². The molecular weight excluding hydrogens is 435 g/mol. The molecule has 0 amide bonds. The second-order valence-electron chi connectivity index (χ2n) is 6.74. The third-order valence-electron chi connectivity index (χ3n) is 4.77. The van der Waals surface area contributed by atoms with Crippen LogP contribution in [0.15, 0.2) is 66.9 Å². The Bertz CT molecular complexity index is 1220. The zero-order chi connectivity index (χ0) is 21.8. The van der Waals surface area contributed by atoms with Crippen molar-refractivity contribution in [2.24, 2.45) is 0 Å². The molecule has 5 nitrogen and oxygen atoms in total. The van der Waals surface area contributed by atoms with E-state index in [1.807, 2.05) is 48.5 Å². The molecular formula is C24H20Cl2N2O3. The molecule has 0 unspecified atom stereocenters. The minimum atomic E-state index is 0.431. The van der Waals surface area contributed by atoms with Crippen molar-refractivity contribution >= 4 is 45.5 Å². The van der Waals surface area contributed by atoms with Gasteiger partial charge in [-0.2, -0.15) is 0 Å². The molecule has 0 saturated carbocycles. The van der Waals surface area contributed by atoms with Crippen molar-refractivity contribution in [3.8, 4) is 17.2 Å². The summed E-state index contributed by atoms with van der Waals surface area (Å²) in [6, 6.07) is 19.0. The first-order valence-electron chi connectivity index (χ1n) is 9.52. The van der Waals surface area contributed by atoms with Gasteiger partial charge in [0, 0.05) is 29.4 Å². The normalized spacial score (nSPS) is 10.7. The molecule has 0 aliphatic carbocycles. The van der Waals surface area contributed by atoms with Crippen LogP contribution in [0.25, 0.3) is 10.9 Å². The van der Waals surface area contributed by atoms with E-state index < -0.39 is 0 Å². The fourth-order valence-electron chi connectivity index (χ4n) is 3.20. The van der Waals surface area contributed by atoms with Crippen molar-refractivity contribution in [1.82, 2.24) is 4.98 Å². The maximum absolute atomic E-state index is 6.38. The van der Waals surface area contributed by atoms with Gasteiger partial charge in [0.25, 0.3) is 0 Å². The van der Waals surface area contributed by atoms with Crippen molar-refractivity contribution in [3.63, 3.8) is 0 Å². The largest absolute Gasteiger partial charge is 0.495 e. The highest BCUT2D eigenvalue weighted by molar-refractivity contribution is 6.37. The van der Waals surface area contributed by atoms with Gasteiger partial charge < -0.3 is 19.5 Å². The first kappa shape index (κ1) is 21.1. The highest BCUT2D eigenvalue weighted by Crippen LogP contribution is 2.39. The Labute approximate surface area is 190 Å². The number of anilines is 2. The van der Waals surface area contributed by atoms with Crippen LogP contribution < -0.4 is 19.5 Å². The summed E-state index contributed by atoms with van der Waals surface area (Å²) in [6.07, 6.45) is 1.72. The lowest BCUT2D eigenvalue weighted by Gasteiger charge is -2.16. The van der Waals surface area contributed by atoms with Crippen LogP contribution in [0, 0.1) is 0 Å². The highest BCUT2D eigenvalue weighted by Gasteiger charge is 2.13. The minimum absolute atomic E-state index is 0.431. The van der Waals surface area contributed by atoms with Crippen molar-refractivity contribution in [2.45, 2.75) is 6.61 Å². The van der Waals surface area contributed by atoms with Gasteiger partial charge in [0.15, 0.2) is 11.5 Å². The topological polar surface area (TPSA) is 52.6 Å². The standard InChI is InChI=1S/C24H20Cl2N2O3/c1-29-22-13-21(17(25)11-18(22)26)28-19-8-9-27-20-12-24(23(30-2)10-16(19)20)31-14-15-6-4-3-5-7-15/h3-13H,14H2,1-2H3,(H,27,28). The predicted octanol–water partition coefficient (Wildman–Crippen LogP) is 6.88. The predicted molar refractivity (Wildman–Crippen MR) is 125 cm³/mol. The van der Waals surface area contributed by atoms with E-state index >= 15 is 0 Å². The van der Waals surface area contributed by atoms with Gasteiger partial charge in [-0.3, -0.25) is 4.98 Å². The molecule has 0 radical (unpaired) electrons. The molecule has 4 rings (SSSR count). The number of rotatable bonds is 7. The molecule has 0 aliphatic heterocycles. The van der Waals surface area contributed by atoms with Crippen molar-refractivity contribution < 1.29 is 14.2 Å². The van der Waals surface area contributed by atoms with Crippen molar-refractivity contribution in [3.05, 3.63) is 82.5 Å². The fourth-order valence-corrected chi connectivity index (χ4v) is 3.70. The van der Waals surface area contributed by atoms with Gasteiger partial charge >= 0.3 is 0 Å². The summed E-state index contributed by atoms with van der Waals surface area (Å²) in [5.41, 5.74) is 3.30. The summed E-state index contributed by atoms with van der Waals surface area (Å²) >= 11 is 12.5. The second-order valence-corrected chi connectivity index (χ2v) is 7.56. The van der Waals surface area contributed by atoms with E-state index in [-0.39, 0.29) is 0 Å². The van der Waals surface area contributed by atoms with Gasteiger partial charge in [-0.05, 0) is 23.8 Å². The monoisotopic (exact) mass is 454 g/mol. The Morgan fingerprint density at radius 1 is 0.806 bits per heavy atom. The number of aromatic nitrogens is 1. The number of ether oxygens (including phenoxy) is 3. The molecule has 0 atom stereocenters. The zero-order valence-electron chi connectivity index (χ0n) is 17.0. The van der Waals surface area contributed by atoms with Crippen molar-refractivity contribution in [2.75, 3.05) is 19.5 Å². The second kappa shape index (κ2) is 9.33. The summed E-state index contributed by atoms with van der Waals surface area (Å²) in [4.78, 5) is 4.49. The van der Waals surface area contributed by atoms with E-state index in [4.69, 9.17) is 37.4 Å². The lowest BCUT2D eigenvalue weighted by atomic mass is 10.1. The third-order valence-corrected chi connectivity index (χ3v) is 5.38. The molecule has 4 aromatic rings. The van der Waals surface area contributed by atoms with E-state index in [1.54, 1.807) is 32.5 Å². The molecule has 0 spiro atoms. The van der Waals surface area contributed by atoms with E-state index in [2.05, 4.69) is 10.3 Å². The number of nitrogens with one attached hydrogen (secondary N) is 1. The summed E-state index contributed by atoms with van der Waals surface area (Å²) in [5.74, 6) is 1.76. The Hall–Kier alpha value is -3.15. The van der Waals surface area contributed by atoms with Crippen LogP contribution in [0.4, 0.5) is 11.4 Å². The Morgan fingerprint density at radius 3 is 2.32 bits per heavy atom. The van der Waals surface area contributed by atoms with Crippen LogP contribution >= 0.6 is 23.2 Å². The Kier molecular flexibility index (Phi) is 6.35. The Morgan fingerprint density at radius 2 is 1.58 bits per heavy atom. The average molecular weight is 455 g/mol. The third kappa shape index (κ3) is 4.63. The first-order valence-corrected chi connectivity index (χ1v) is 10.3. The maximum Gasteiger partial charge on any atom is 0.163 e. The summed E-state index contributed by atoms with van der Waals surface area (Å²) in [7, 11) is 3.17. The average Bonchev–Trinajstić information content (AvgIpc) is 2.79. The fraction of sp³-hybridized carbons (Fsp3) is 0.125. The summed E-state index contributed by atoms with van der Waals surface area (Å²) in [5, 5.41) is 5.12. The molecule has 1 heterocycles. The first-order chi connectivity index (χ1) is 15.1. The molecule has 1 aromatic heterocycles. The van der Waals surface area contributed by atoms with Crippen molar-refractivity contribution in [1.29, 1.82) is 0 Å². The highest BCUT2D eigenvalue weighted by atomic mass is 35.5. The van der Waals surface area contributed by atoms with Gasteiger partial charge in [-0.25, -0.2) is 0 Å². The lowest BCUT2D eigenvalue weighted by molar-refractivity contribution is 0.285. The Balaban J connectivity index is 1.68. The number of benzene rings is 3. The molecule has 3 aromatic carbocycles. The quantitative estimate of drug-likeness (QED) is 0.329. The molecule has 0 saturated heterocycles. The van der Waals surface area contributed by atoms with E-state index in [9.17, 15) is 0 Å². The van der Waals surface area contributed by atoms with Crippen LogP contribution in [0.1, 0.15) is 5.56 Å². The molecule has 158 valence electrons. The molecule has 1 N–H and O–H groups in total. The lowest BCUT2D eigenvalue weighted by Crippen LogP contribution is -1.99. The molecule has 0 bridgehead atoms. The molecule has 0 fully saturated rings. The molecule has 31 heavy (non-hydrogen) atoms.